The van der Waals surface area contributed by atoms with Crippen LogP contribution in [-0.4, -0.2) is 34.5 Å². The number of carbonyl (C=O) groups is 2. The topological polar surface area (TPSA) is 57.6 Å². The zero-order valence-electron chi connectivity index (χ0n) is 12.6. The molecule has 1 aromatic rings. The highest BCUT2D eigenvalue weighted by Crippen LogP contribution is 2.29. The SMILES string of the molecule is CC1CC(C)C(C)N(C(=O)c2csc(/C=C/C(=O)O)c2)C1. The average molecular weight is 307 g/mol. The molecular weight excluding hydrogens is 286 g/mol. The predicted molar refractivity (Wildman–Crippen MR) is 84.4 cm³/mol. The fourth-order valence-electron chi connectivity index (χ4n) is 2.85. The number of amides is 1. The Morgan fingerprint density at radius 3 is 2.76 bits per heavy atom. The molecule has 3 atom stereocenters. The van der Waals surface area contributed by atoms with Crippen molar-refractivity contribution >= 4 is 29.3 Å². The second-order valence-corrected chi connectivity index (χ2v) is 6.87. The Labute approximate surface area is 129 Å². The zero-order chi connectivity index (χ0) is 15.6. The van der Waals surface area contributed by atoms with Crippen LogP contribution in [0.4, 0.5) is 0 Å². The molecule has 4 nitrogen and oxygen atoms in total. The molecule has 1 aromatic heterocycles. The van der Waals surface area contributed by atoms with Gasteiger partial charge in [0, 0.05) is 28.9 Å². The summed E-state index contributed by atoms with van der Waals surface area (Å²) in [6.45, 7) is 7.26. The van der Waals surface area contributed by atoms with E-state index in [1.165, 1.54) is 17.4 Å². The minimum atomic E-state index is -0.983. The van der Waals surface area contributed by atoms with Gasteiger partial charge in [0.05, 0.1) is 5.56 Å². The maximum atomic E-state index is 12.6. The molecule has 1 aliphatic rings. The van der Waals surface area contributed by atoms with Crippen molar-refractivity contribution in [3.8, 4) is 0 Å². The highest BCUT2D eigenvalue weighted by molar-refractivity contribution is 7.11. The Balaban J connectivity index is 2.14. The number of aliphatic carboxylic acids is 1. The van der Waals surface area contributed by atoms with Crippen molar-refractivity contribution in [3.63, 3.8) is 0 Å². The molecule has 0 bridgehead atoms. The summed E-state index contributed by atoms with van der Waals surface area (Å²) in [6, 6.07) is 2.01. The molecule has 0 saturated carbocycles. The first-order chi connectivity index (χ1) is 9.88. The molecule has 0 spiro atoms. The predicted octanol–water partition coefficient (Wildman–Crippen LogP) is 3.35. The van der Waals surface area contributed by atoms with Crippen molar-refractivity contribution in [1.82, 2.24) is 4.90 Å². The Morgan fingerprint density at radius 1 is 1.38 bits per heavy atom. The molecule has 1 fully saturated rings. The van der Waals surface area contributed by atoms with Crippen molar-refractivity contribution in [2.24, 2.45) is 11.8 Å². The third kappa shape index (κ3) is 3.73. The third-order valence-corrected chi connectivity index (χ3v) is 5.01. The van der Waals surface area contributed by atoms with Crippen LogP contribution in [0.25, 0.3) is 6.08 Å². The Morgan fingerprint density at radius 2 is 2.10 bits per heavy atom. The lowest BCUT2D eigenvalue weighted by Gasteiger charge is -2.41. The smallest absolute Gasteiger partial charge is 0.328 e. The molecular formula is C16H21NO3S. The Kier molecular flexibility index (Phi) is 4.83. The maximum Gasteiger partial charge on any atom is 0.328 e. The highest BCUT2D eigenvalue weighted by Gasteiger charge is 2.32. The number of likely N-dealkylation sites (tertiary alicyclic amines) is 1. The number of nitrogens with zero attached hydrogens (tertiary/aromatic N) is 1. The monoisotopic (exact) mass is 307 g/mol. The summed E-state index contributed by atoms with van der Waals surface area (Å²) in [5.41, 5.74) is 0.651. The first kappa shape index (κ1) is 15.8. The van der Waals surface area contributed by atoms with E-state index in [9.17, 15) is 9.59 Å². The molecule has 1 amide bonds. The van der Waals surface area contributed by atoms with Crippen LogP contribution in [0.2, 0.25) is 0 Å². The van der Waals surface area contributed by atoms with Crippen LogP contribution < -0.4 is 0 Å². The molecule has 1 N–H and O–H groups in total. The summed E-state index contributed by atoms with van der Waals surface area (Å²) in [5.74, 6) is 0.0866. The van der Waals surface area contributed by atoms with Crippen LogP contribution in [0.1, 0.15) is 42.4 Å². The molecule has 114 valence electrons. The van der Waals surface area contributed by atoms with Gasteiger partial charge < -0.3 is 10.0 Å². The fourth-order valence-corrected chi connectivity index (χ4v) is 3.63. The van der Waals surface area contributed by atoms with Gasteiger partial charge in [-0.15, -0.1) is 11.3 Å². The average Bonchev–Trinajstić information content (AvgIpc) is 2.88. The van der Waals surface area contributed by atoms with Gasteiger partial charge in [0.15, 0.2) is 0 Å². The standard InChI is InChI=1S/C16H21NO3S/c1-10-6-11(2)12(3)17(8-10)16(20)13-7-14(21-9-13)4-5-15(18)19/h4-5,7,9-12H,6,8H2,1-3H3,(H,18,19)/b5-4+. The fraction of sp³-hybridized carbons (Fsp3) is 0.500. The van der Waals surface area contributed by atoms with E-state index in [4.69, 9.17) is 5.11 Å². The van der Waals surface area contributed by atoms with E-state index in [1.54, 1.807) is 11.4 Å². The van der Waals surface area contributed by atoms with Gasteiger partial charge in [-0.3, -0.25) is 4.79 Å². The van der Waals surface area contributed by atoms with Gasteiger partial charge in [0.2, 0.25) is 0 Å². The molecule has 1 saturated heterocycles. The normalized spacial score (nSPS) is 26.2. The van der Waals surface area contributed by atoms with Crippen LogP contribution in [0.3, 0.4) is 0 Å². The number of hydrogen-bond donors (Lipinski definition) is 1. The minimum absolute atomic E-state index is 0.0483. The van der Waals surface area contributed by atoms with Crippen LogP contribution in [0.15, 0.2) is 17.5 Å². The summed E-state index contributed by atoms with van der Waals surface area (Å²) in [4.78, 5) is 25.9. The van der Waals surface area contributed by atoms with Crippen LogP contribution in [0.5, 0.6) is 0 Å². The lowest BCUT2D eigenvalue weighted by atomic mass is 9.85. The number of rotatable bonds is 3. The van der Waals surface area contributed by atoms with Crippen molar-refractivity contribution < 1.29 is 14.7 Å². The Hall–Kier alpha value is -1.62. The molecule has 5 heteroatoms. The van der Waals surface area contributed by atoms with E-state index < -0.39 is 5.97 Å². The first-order valence-corrected chi connectivity index (χ1v) is 8.07. The lowest BCUT2D eigenvalue weighted by molar-refractivity contribution is -0.131. The van der Waals surface area contributed by atoms with E-state index in [0.29, 0.717) is 17.4 Å². The van der Waals surface area contributed by atoms with E-state index in [-0.39, 0.29) is 11.9 Å². The van der Waals surface area contributed by atoms with E-state index in [0.717, 1.165) is 23.9 Å². The van der Waals surface area contributed by atoms with Crippen LogP contribution in [-0.2, 0) is 4.79 Å². The van der Waals surface area contributed by atoms with Crippen molar-refractivity contribution in [3.05, 3.63) is 28.0 Å². The number of piperidine rings is 1. The first-order valence-electron chi connectivity index (χ1n) is 7.19. The molecule has 0 aromatic carbocycles. The van der Waals surface area contributed by atoms with E-state index >= 15 is 0 Å². The minimum Gasteiger partial charge on any atom is -0.478 e. The van der Waals surface area contributed by atoms with E-state index in [2.05, 4.69) is 20.8 Å². The second-order valence-electron chi connectivity index (χ2n) is 5.93. The number of hydrogen-bond acceptors (Lipinski definition) is 3. The zero-order valence-corrected chi connectivity index (χ0v) is 13.4. The van der Waals surface area contributed by atoms with Gasteiger partial charge >= 0.3 is 5.97 Å². The van der Waals surface area contributed by atoms with Gasteiger partial charge in [-0.05, 0) is 37.3 Å². The quantitative estimate of drug-likeness (QED) is 0.871. The number of carboxylic acid groups (broad SMARTS) is 1. The van der Waals surface area contributed by atoms with Crippen molar-refractivity contribution in [2.45, 2.75) is 33.2 Å². The molecule has 0 radical (unpaired) electrons. The molecule has 0 aliphatic carbocycles. The number of thiophene rings is 1. The molecule has 3 unspecified atom stereocenters. The van der Waals surface area contributed by atoms with Gasteiger partial charge in [0.1, 0.15) is 0 Å². The third-order valence-electron chi connectivity index (χ3n) is 4.12. The summed E-state index contributed by atoms with van der Waals surface area (Å²) in [6.07, 6.45) is 3.77. The number of carboxylic acids is 1. The Bertz CT molecular complexity index is 564. The highest BCUT2D eigenvalue weighted by atomic mass is 32.1. The molecule has 2 rings (SSSR count). The van der Waals surface area contributed by atoms with Gasteiger partial charge in [-0.25, -0.2) is 4.79 Å². The van der Waals surface area contributed by atoms with Gasteiger partial charge in [-0.2, -0.15) is 0 Å². The summed E-state index contributed by atoms with van der Waals surface area (Å²) >= 11 is 1.39. The largest absolute Gasteiger partial charge is 0.478 e. The molecule has 1 aliphatic heterocycles. The summed E-state index contributed by atoms with van der Waals surface area (Å²) in [7, 11) is 0. The van der Waals surface area contributed by atoms with Crippen LogP contribution in [0, 0.1) is 11.8 Å². The van der Waals surface area contributed by atoms with Crippen molar-refractivity contribution in [1.29, 1.82) is 0 Å². The second kappa shape index (κ2) is 6.43. The van der Waals surface area contributed by atoms with Crippen LogP contribution >= 0.6 is 11.3 Å². The van der Waals surface area contributed by atoms with Crippen molar-refractivity contribution in [2.75, 3.05) is 6.54 Å². The summed E-state index contributed by atoms with van der Waals surface area (Å²) in [5, 5.41) is 10.4. The molecule has 21 heavy (non-hydrogen) atoms. The maximum absolute atomic E-state index is 12.6. The lowest BCUT2D eigenvalue weighted by Crippen LogP contribution is -2.48. The number of carbonyl (C=O) groups excluding carboxylic acids is 1. The van der Waals surface area contributed by atoms with Gasteiger partial charge in [-0.1, -0.05) is 13.8 Å². The molecule has 2 heterocycles. The summed E-state index contributed by atoms with van der Waals surface area (Å²) < 4.78 is 0. The van der Waals surface area contributed by atoms with Gasteiger partial charge in [0.25, 0.3) is 5.91 Å². The van der Waals surface area contributed by atoms with E-state index in [1.807, 2.05) is 4.90 Å².